The molecule has 0 radical (unpaired) electrons. The molecule has 2 saturated heterocycles. The molecule has 2 bridgehead atoms. The van der Waals surface area contributed by atoms with Crippen molar-refractivity contribution < 1.29 is 19.2 Å². The summed E-state index contributed by atoms with van der Waals surface area (Å²) < 4.78 is 5.44. The summed E-state index contributed by atoms with van der Waals surface area (Å²) in [6, 6.07) is 0. The molecule has 0 aromatic carbocycles. The Labute approximate surface area is 80.2 Å². The van der Waals surface area contributed by atoms with Gasteiger partial charge in [0.15, 0.2) is 0 Å². The van der Waals surface area contributed by atoms with Crippen molar-refractivity contribution in [3.63, 3.8) is 0 Å². The van der Waals surface area contributed by atoms with Gasteiger partial charge in [-0.1, -0.05) is 12.2 Å². The van der Waals surface area contributed by atoms with Crippen molar-refractivity contribution in [2.75, 3.05) is 7.11 Å². The first-order valence-corrected chi connectivity index (χ1v) is 4.50. The Morgan fingerprint density at radius 1 is 1.21 bits per heavy atom. The van der Waals surface area contributed by atoms with Crippen LogP contribution in [-0.4, -0.2) is 36.2 Å². The van der Waals surface area contributed by atoms with E-state index in [9.17, 15) is 9.59 Å². The predicted octanol–water partition coefficient (Wildman–Crippen LogP) is -0.514. The molecule has 0 N–H and O–H groups in total. The van der Waals surface area contributed by atoms with Crippen molar-refractivity contribution in [1.82, 2.24) is 5.06 Å². The highest BCUT2D eigenvalue weighted by atomic mass is 16.7. The van der Waals surface area contributed by atoms with Crippen molar-refractivity contribution in [3.05, 3.63) is 12.2 Å². The second kappa shape index (κ2) is 2.43. The number of rotatable bonds is 1. The summed E-state index contributed by atoms with van der Waals surface area (Å²) in [5, 5.41) is 0.852. The summed E-state index contributed by atoms with van der Waals surface area (Å²) >= 11 is 0. The van der Waals surface area contributed by atoms with E-state index in [0.717, 1.165) is 5.06 Å². The fraction of sp³-hybridized carbons (Fsp3) is 0.556. The number of amides is 2. The standard InChI is InChI=1S/C9H9NO4/c1-13-10-8(11)6-4-2-3-5(14-4)7(6)9(10)12/h2-7H,1H3. The minimum Gasteiger partial charge on any atom is -0.365 e. The van der Waals surface area contributed by atoms with Gasteiger partial charge in [-0.3, -0.25) is 14.4 Å². The Morgan fingerprint density at radius 3 is 2.14 bits per heavy atom. The molecule has 14 heavy (non-hydrogen) atoms. The second-order valence-electron chi connectivity index (χ2n) is 3.66. The van der Waals surface area contributed by atoms with Crippen molar-refractivity contribution in [1.29, 1.82) is 0 Å². The first-order valence-electron chi connectivity index (χ1n) is 4.50. The van der Waals surface area contributed by atoms with E-state index in [0.29, 0.717) is 0 Å². The lowest BCUT2D eigenvalue weighted by atomic mass is 9.85. The van der Waals surface area contributed by atoms with Crippen LogP contribution in [0.4, 0.5) is 0 Å². The lowest BCUT2D eigenvalue weighted by Crippen LogP contribution is -2.33. The monoisotopic (exact) mass is 195 g/mol. The van der Waals surface area contributed by atoms with Gasteiger partial charge in [0.2, 0.25) is 0 Å². The lowest BCUT2D eigenvalue weighted by Gasteiger charge is -2.13. The molecule has 3 aliphatic heterocycles. The molecule has 3 aliphatic rings. The SMILES string of the molecule is CON1C(=O)C2C3C=CC(O3)C2C1=O. The van der Waals surface area contributed by atoms with Crippen LogP contribution in [0.3, 0.4) is 0 Å². The van der Waals surface area contributed by atoms with Crippen LogP contribution in [0.1, 0.15) is 0 Å². The molecule has 4 unspecified atom stereocenters. The average molecular weight is 195 g/mol. The molecular formula is C9H9NO4. The molecule has 2 fully saturated rings. The van der Waals surface area contributed by atoms with Crippen molar-refractivity contribution in [3.8, 4) is 0 Å². The van der Waals surface area contributed by atoms with Gasteiger partial charge in [-0.25, -0.2) is 0 Å². The first-order chi connectivity index (χ1) is 6.74. The number of hydrogen-bond acceptors (Lipinski definition) is 4. The summed E-state index contributed by atoms with van der Waals surface area (Å²) in [5.74, 6) is -1.28. The van der Waals surface area contributed by atoms with E-state index >= 15 is 0 Å². The molecular weight excluding hydrogens is 186 g/mol. The Kier molecular flexibility index (Phi) is 1.41. The molecule has 0 saturated carbocycles. The maximum atomic E-state index is 11.7. The first kappa shape index (κ1) is 8.14. The maximum absolute atomic E-state index is 11.7. The predicted molar refractivity (Wildman–Crippen MR) is 43.6 cm³/mol. The zero-order valence-corrected chi connectivity index (χ0v) is 7.54. The molecule has 5 heteroatoms. The van der Waals surface area contributed by atoms with Gasteiger partial charge >= 0.3 is 0 Å². The number of hydrogen-bond donors (Lipinski definition) is 0. The van der Waals surface area contributed by atoms with Crippen LogP contribution in [0.25, 0.3) is 0 Å². The van der Waals surface area contributed by atoms with Gasteiger partial charge in [0.1, 0.15) is 0 Å². The molecule has 3 heterocycles. The van der Waals surface area contributed by atoms with Gasteiger partial charge < -0.3 is 4.74 Å². The van der Waals surface area contributed by atoms with Crippen LogP contribution in [0, 0.1) is 11.8 Å². The number of nitrogens with zero attached hydrogens (tertiary/aromatic N) is 1. The molecule has 0 aromatic heterocycles. The summed E-state index contributed by atoms with van der Waals surface area (Å²) in [5.41, 5.74) is 0. The minimum absolute atomic E-state index is 0.235. The molecule has 74 valence electrons. The molecule has 0 spiro atoms. The molecule has 3 rings (SSSR count). The van der Waals surface area contributed by atoms with E-state index in [2.05, 4.69) is 0 Å². The van der Waals surface area contributed by atoms with Crippen molar-refractivity contribution in [2.24, 2.45) is 11.8 Å². The van der Waals surface area contributed by atoms with Gasteiger partial charge in [-0.15, -0.1) is 0 Å². The lowest BCUT2D eigenvalue weighted by molar-refractivity contribution is -0.183. The quantitative estimate of drug-likeness (QED) is 0.417. The third-order valence-corrected chi connectivity index (χ3v) is 3.05. The van der Waals surface area contributed by atoms with Crippen LogP contribution >= 0.6 is 0 Å². The van der Waals surface area contributed by atoms with Crippen LogP contribution in [0.15, 0.2) is 12.2 Å². The van der Waals surface area contributed by atoms with Crippen molar-refractivity contribution >= 4 is 11.8 Å². The molecule has 0 aliphatic carbocycles. The largest absolute Gasteiger partial charge is 0.365 e. The van der Waals surface area contributed by atoms with E-state index in [-0.39, 0.29) is 35.9 Å². The minimum atomic E-state index is -0.363. The van der Waals surface area contributed by atoms with Crippen LogP contribution in [0.2, 0.25) is 0 Å². The van der Waals surface area contributed by atoms with Crippen LogP contribution in [0.5, 0.6) is 0 Å². The third kappa shape index (κ3) is 0.726. The smallest absolute Gasteiger partial charge is 0.260 e. The summed E-state index contributed by atoms with van der Waals surface area (Å²) in [7, 11) is 1.33. The second-order valence-corrected chi connectivity index (χ2v) is 3.66. The summed E-state index contributed by atoms with van der Waals surface area (Å²) in [4.78, 5) is 28.1. The Balaban J connectivity index is 2.02. The number of ether oxygens (including phenoxy) is 1. The van der Waals surface area contributed by atoms with E-state index < -0.39 is 0 Å². The summed E-state index contributed by atoms with van der Waals surface area (Å²) in [6.07, 6.45) is 3.22. The normalized spacial score (nSPS) is 43.9. The highest BCUT2D eigenvalue weighted by Crippen LogP contribution is 2.44. The van der Waals surface area contributed by atoms with Gasteiger partial charge in [-0.2, -0.15) is 5.06 Å². The fourth-order valence-electron chi connectivity index (χ4n) is 2.46. The molecule has 5 nitrogen and oxygen atoms in total. The zero-order chi connectivity index (χ0) is 9.87. The molecule has 2 amide bonds. The molecule has 4 atom stereocenters. The van der Waals surface area contributed by atoms with E-state index in [1.165, 1.54) is 7.11 Å². The fourth-order valence-corrected chi connectivity index (χ4v) is 2.46. The number of carbonyl (C=O) groups excluding carboxylic acids is 2. The Hall–Kier alpha value is -1.20. The maximum Gasteiger partial charge on any atom is 0.260 e. The Morgan fingerprint density at radius 2 is 1.71 bits per heavy atom. The van der Waals surface area contributed by atoms with Crippen molar-refractivity contribution in [2.45, 2.75) is 12.2 Å². The van der Waals surface area contributed by atoms with E-state index in [1.54, 1.807) is 0 Å². The number of fused-ring (bicyclic) bond motifs is 5. The van der Waals surface area contributed by atoms with Crippen LogP contribution in [-0.2, 0) is 19.2 Å². The van der Waals surface area contributed by atoms with Crippen LogP contribution < -0.4 is 0 Å². The highest BCUT2D eigenvalue weighted by Gasteiger charge is 2.61. The van der Waals surface area contributed by atoms with E-state index in [1.807, 2.05) is 12.2 Å². The molecule has 0 aromatic rings. The van der Waals surface area contributed by atoms with Gasteiger partial charge in [0.25, 0.3) is 11.8 Å². The number of carbonyl (C=O) groups is 2. The third-order valence-electron chi connectivity index (χ3n) is 3.05. The van der Waals surface area contributed by atoms with Gasteiger partial charge in [0, 0.05) is 0 Å². The van der Waals surface area contributed by atoms with Gasteiger partial charge in [-0.05, 0) is 0 Å². The highest BCUT2D eigenvalue weighted by molar-refractivity contribution is 6.05. The van der Waals surface area contributed by atoms with Gasteiger partial charge in [0.05, 0.1) is 31.2 Å². The number of hydroxylamine groups is 2. The Bertz CT molecular complexity index is 321. The van der Waals surface area contributed by atoms with E-state index in [4.69, 9.17) is 9.57 Å². The zero-order valence-electron chi connectivity index (χ0n) is 7.54. The number of imide groups is 1. The topological polar surface area (TPSA) is 55.8 Å². The summed E-state index contributed by atoms with van der Waals surface area (Å²) in [6.45, 7) is 0. The average Bonchev–Trinajstić information content (AvgIpc) is 2.80.